The molecule has 1 N–H and O–H groups in total. The molecule has 1 saturated heterocycles. The van der Waals surface area contributed by atoms with Crippen LogP contribution in [0.3, 0.4) is 0 Å². The summed E-state index contributed by atoms with van der Waals surface area (Å²) in [5.41, 5.74) is 4.37. The standard InChI is InChI=1S/C18H17ClN2O2/c19-16-12-5-4-7-13(16)8-6-11-15-17(22)20-21(18(15)23)14-9-2-1-3-10-14/h1-5,7,9-10,12,15H,6,8,11H2,(H,20,22). The van der Waals surface area contributed by atoms with E-state index in [0.717, 1.165) is 23.4 Å². The topological polar surface area (TPSA) is 49.4 Å². The van der Waals surface area contributed by atoms with Gasteiger partial charge in [0.2, 0.25) is 0 Å². The van der Waals surface area contributed by atoms with Gasteiger partial charge >= 0.3 is 0 Å². The zero-order valence-corrected chi connectivity index (χ0v) is 13.3. The van der Waals surface area contributed by atoms with Gasteiger partial charge in [-0.2, -0.15) is 0 Å². The van der Waals surface area contributed by atoms with E-state index in [2.05, 4.69) is 5.43 Å². The number of carbonyl (C=O) groups is 2. The molecule has 23 heavy (non-hydrogen) atoms. The number of rotatable bonds is 5. The molecule has 4 nitrogen and oxygen atoms in total. The van der Waals surface area contributed by atoms with E-state index >= 15 is 0 Å². The van der Waals surface area contributed by atoms with Gasteiger partial charge in [-0.25, -0.2) is 5.01 Å². The van der Waals surface area contributed by atoms with Crippen molar-refractivity contribution in [2.75, 3.05) is 5.01 Å². The molecule has 1 aliphatic rings. The van der Waals surface area contributed by atoms with Crippen molar-refractivity contribution in [3.63, 3.8) is 0 Å². The molecular weight excluding hydrogens is 312 g/mol. The molecule has 1 aliphatic heterocycles. The maximum Gasteiger partial charge on any atom is 0.258 e. The quantitative estimate of drug-likeness (QED) is 0.856. The van der Waals surface area contributed by atoms with E-state index in [1.165, 1.54) is 5.01 Å². The summed E-state index contributed by atoms with van der Waals surface area (Å²) >= 11 is 6.13. The summed E-state index contributed by atoms with van der Waals surface area (Å²) in [6.45, 7) is 0. The number of hydrazine groups is 1. The van der Waals surface area contributed by atoms with Crippen molar-refractivity contribution >= 4 is 29.1 Å². The van der Waals surface area contributed by atoms with E-state index in [-0.39, 0.29) is 11.8 Å². The maximum atomic E-state index is 12.4. The fourth-order valence-electron chi connectivity index (χ4n) is 2.73. The third-order valence-electron chi connectivity index (χ3n) is 3.97. The Bertz CT molecular complexity index is 718. The third-order valence-corrected chi connectivity index (χ3v) is 4.34. The van der Waals surface area contributed by atoms with Crippen LogP contribution >= 0.6 is 11.6 Å². The predicted octanol–water partition coefficient (Wildman–Crippen LogP) is 3.36. The van der Waals surface area contributed by atoms with Crippen LogP contribution < -0.4 is 10.4 Å². The number of anilines is 1. The average molecular weight is 329 g/mol. The van der Waals surface area contributed by atoms with Gasteiger partial charge in [0.05, 0.1) is 5.69 Å². The Hall–Kier alpha value is -2.33. The van der Waals surface area contributed by atoms with Gasteiger partial charge in [-0.15, -0.1) is 0 Å². The SMILES string of the molecule is O=C1NN(c2ccccc2)C(=O)C1CCCc1ccccc1Cl. The molecule has 5 heteroatoms. The predicted molar refractivity (Wildman–Crippen MR) is 90.0 cm³/mol. The van der Waals surface area contributed by atoms with Gasteiger partial charge in [0.25, 0.3) is 11.8 Å². The molecule has 0 bridgehead atoms. The summed E-state index contributed by atoms with van der Waals surface area (Å²) in [7, 11) is 0. The van der Waals surface area contributed by atoms with Crippen molar-refractivity contribution in [3.8, 4) is 0 Å². The average Bonchev–Trinajstić information content (AvgIpc) is 2.85. The highest BCUT2D eigenvalue weighted by molar-refractivity contribution is 6.31. The number of hydrogen-bond donors (Lipinski definition) is 1. The van der Waals surface area contributed by atoms with Gasteiger partial charge in [0, 0.05) is 5.02 Å². The summed E-state index contributed by atoms with van der Waals surface area (Å²) in [4.78, 5) is 24.5. The fraction of sp³-hybridized carbons (Fsp3) is 0.222. The van der Waals surface area contributed by atoms with Crippen LogP contribution in [0.1, 0.15) is 18.4 Å². The first-order valence-corrected chi connectivity index (χ1v) is 7.97. The monoisotopic (exact) mass is 328 g/mol. The molecule has 1 fully saturated rings. The number of halogens is 1. The second-order valence-electron chi connectivity index (χ2n) is 5.52. The molecular formula is C18H17ClN2O2. The molecule has 1 unspecified atom stereocenters. The Labute approximate surface area is 140 Å². The van der Waals surface area contributed by atoms with Gasteiger partial charge in [0.15, 0.2) is 0 Å². The molecule has 3 rings (SSSR count). The first-order chi connectivity index (χ1) is 11.2. The lowest BCUT2D eigenvalue weighted by atomic mass is 9.99. The maximum absolute atomic E-state index is 12.4. The van der Waals surface area contributed by atoms with Gasteiger partial charge in [-0.1, -0.05) is 48.0 Å². The zero-order chi connectivity index (χ0) is 16.2. The zero-order valence-electron chi connectivity index (χ0n) is 12.5. The summed E-state index contributed by atoms with van der Waals surface area (Å²) in [5.74, 6) is -1.06. The Kier molecular flexibility index (Phi) is 4.63. The van der Waals surface area contributed by atoms with E-state index in [1.54, 1.807) is 12.1 Å². The number of benzene rings is 2. The highest BCUT2D eigenvalue weighted by Gasteiger charge is 2.39. The lowest BCUT2D eigenvalue weighted by Gasteiger charge is -2.15. The summed E-state index contributed by atoms with van der Waals surface area (Å²) < 4.78 is 0. The Balaban J connectivity index is 1.61. The number of amides is 2. The molecule has 0 aromatic heterocycles. The normalized spacial score (nSPS) is 17.4. The highest BCUT2D eigenvalue weighted by atomic mass is 35.5. The lowest BCUT2D eigenvalue weighted by molar-refractivity contribution is -0.127. The van der Waals surface area contributed by atoms with Crippen LogP contribution in [0.2, 0.25) is 5.02 Å². The number of nitrogens with zero attached hydrogens (tertiary/aromatic N) is 1. The van der Waals surface area contributed by atoms with E-state index in [9.17, 15) is 9.59 Å². The van der Waals surface area contributed by atoms with Crippen molar-refractivity contribution < 1.29 is 9.59 Å². The molecule has 118 valence electrons. The highest BCUT2D eigenvalue weighted by Crippen LogP contribution is 2.24. The minimum absolute atomic E-state index is 0.194. The van der Waals surface area contributed by atoms with E-state index in [4.69, 9.17) is 11.6 Å². The van der Waals surface area contributed by atoms with Crippen molar-refractivity contribution in [1.82, 2.24) is 5.43 Å². The molecule has 1 atom stereocenters. The van der Waals surface area contributed by atoms with Gasteiger partial charge in [-0.05, 0) is 43.0 Å². The van der Waals surface area contributed by atoms with Gasteiger partial charge in [-0.3, -0.25) is 15.0 Å². The second kappa shape index (κ2) is 6.84. The van der Waals surface area contributed by atoms with Crippen LogP contribution in [0, 0.1) is 5.92 Å². The van der Waals surface area contributed by atoms with Crippen LogP contribution in [0.5, 0.6) is 0 Å². The van der Waals surface area contributed by atoms with Crippen molar-refractivity contribution in [1.29, 1.82) is 0 Å². The number of carbonyl (C=O) groups excluding carboxylic acids is 2. The Morgan fingerprint density at radius 3 is 2.43 bits per heavy atom. The van der Waals surface area contributed by atoms with Crippen LogP contribution in [-0.2, 0) is 16.0 Å². The van der Waals surface area contributed by atoms with E-state index < -0.39 is 5.92 Å². The first kappa shape index (κ1) is 15.6. The summed E-state index contributed by atoms with van der Waals surface area (Å²) in [6, 6.07) is 16.8. The smallest absolute Gasteiger partial charge is 0.258 e. The number of aryl methyl sites for hydroxylation is 1. The van der Waals surface area contributed by atoms with E-state index in [1.807, 2.05) is 42.5 Å². The number of nitrogens with one attached hydrogen (secondary N) is 1. The third kappa shape index (κ3) is 3.37. The lowest BCUT2D eigenvalue weighted by Crippen LogP contribution is -2.35. The van der Waals surface area contributed by atoms with Crippen LogP contribution in [0.4, 0.5) is 5.69 Å². The minimum Gasteiger partial charge on any atom is -0.272 e. The fourth-order valence-corrected chi connectivity index (χ4v) is 2.96. The number of hydrogen-bond acceptors (Lipinski definition) is 2. The van der Waals surface area contributed by atoms with Crippen LogP contribution in [0.15, 0.2) is 54.6 Å². The largest absolute Gasteiger partial charge is 0.272 e. The van der Waals surface area contributed by atoms with E-state index in [0.29, 0.717) is 12.1 Å². The first-order valence-electron chi connectivity index (χ1n) is 7.60. The minimum atomic E-state index is -0.627. The van der Waals surface area contributed by atoms with Crippen molar-refractivity contribution in [2.24, 2.45) is 5.92 Å². The van der Waals surface area contributed by atoms with Crippen LogP contribution in [0.25, 0.3) is 0 Å². The molecule has 0 radical (unpaired) electrons. The molecule has 0 spiro atoms. The second-order valence-corrected chi connectivity index (χ2v) is 5.93. The Morgan fingerprint density at radius 2 is 1.70 bits per heavy atom. The molecule has 1 heterocycles. The molecule has 0 aliphatic carbocycles. The summed E-state index contributed by atoms with van der Waals surface area (Å²) in [5, 5.41) is 2.06. The number of para-hydroxylation sites is 1. The Morgan fingerprint density at radius 1 is 1.00 bits per heavy atom. The van der Waals surface area contributed by atoms with Crippen molar-refractivity contribution in [3.05, 3.63) is 65.2 Å². The molecule has 2 aromatic carbocycles. The summed E-state index contributed by atoms with van der Waals surface area (Å²) in [6.07, 6.45) is 2.00. The molecule has 2 amide bonds. The molecule has 0 saturated carbocycles. The van der Waals surface area contributed by atoms with Gasteiger partial charge in [0.1, 0.15) is 5.92 Å². The van der Waals surface area contributed by atoms with Crippen LogP contribution in [-0.4, -0.2) is 11.8 Å². The molecule has 2 aromatic rings. The van der Waals surface area contributed by atoms with Crippen molar-refractivity contribution in [2.45, 2.75) is 19.3 Å². The van der Waals surface area contributed by atoms with Gasteiger partial charge < -0.3 is 0 Å².